The van der Waals surface area contributed by atoms with E-state index in [0.717, 1.165) is 28.6 Å². The number of aliphatic hydroxyl groups is 1. The first-order valence-electron chi connectivity index (χ1n) is 5.59. The maximum atomic E-state index is 9.46. The molecular weight excluding hydrogens is 220 g/mol. The van der Waals surface area contributed by atoms with Crippen molar-refractivity contribution in [3.63, 3.8) is 0 Å². The molecule has 4 heteroatoms. The van der Waals surface area contributed by atoms with Crippen LogP contribution in [0.1, 0.15) is 44.0 Å². The molecule has 0 amide bonds. The minimum atomic E-state index is -0.489. The normalized spacial score (nSPS) is 13.1. The Morgan fingerprint density at radius 3 is 2.56 bits per heavy atom. The van der Waals surface area contributed by atoms with E-state index in [1.165, 1.54) is 0 Å². The number of rotatable bonds is 5. The zero-order chi connectivity index (χ0) is 12.1. The van der Waals surface area contributed by atoms with E-state index in [-0.39, 0.29) is 0 Å². The quantitative estimate of drug-likeness (QED) is 0.859. The van der Waals surface area contributed by atoms with Gasteiger partial charge in [-0.1, -0.05) is 13.8 Å². The molecule has 1 rings (SSSR count). The van der Waals surface area contributed by atoms with Gasteiger partial charge in [-0.05, 0) is 25.5 Å². The highest BCUT2D eigenvalue weighted by Crippen LogP contribution is 2.17. The molecule has 1 aromatic rings. The fourth-order valence-electron chi connectivity index (χ4n) is 1.39. The highest BCUT2D eigenvalue weighted by Gasteiger charge is 2.08. The zero-order valence-corrected chi connectivity index (χ0v) is 11.2. The van der Waals surface area contributed by atoms with Crippen LogP contribution in [-0.2, 0) is 5.75 Å². The van der Waals surface area contributed by atoms with Crippen LogP contribution >= 0.6 is 11.8 Å². The second kappa shape index (κ2) is 6.21. The van der Waals surface area contributed by atoms with Crippen LogP contribution in [0.15, 0.2) is 6.20 Å². The summed E-state index contributed by atoms with van der Waals surface area (Å²) in [6.07, 6.45) is 1.25. The summed E-state index contributed by atoms with van der Waals surface area (Å²) >= 11 is 1.85. The second-order valence-electron chi connectivity index (χ2n) is 4.41. The van der Waals surface area contributed by atoms with Gasteiger partial charge in [0, 0.05) is 17.5 Å². The molecule has 1 heterocycles. The van der Waals surface area contributed by atoms with Crippen LogP contribution in [0, 0.1) is 12.8 Å². The fourth-order valence-corrected chi connectivity index (χ4v) is 2.30. The van der Waals surface area contributed by atoms with E-state index in [1.54, 1.807) is 13.1 Å². The van der Waals surface area contributed by atoms with Gasteiger partial charge < -0.3 is 5.11 Å². The van der Waals surface area contributed by atoms with Crippen LogP contribution in [0.5, 0.6) is 0 Å². The van der Waals surface area contributed by atoms with Gasteiger partial charge in [0.25, 0.3) is 0 Å². The predicted molar refractivity (Wildman–Crippen MR) is 68.4 cm³/mol. The lowest BCUT2D eigenvalue weighted by molar-refractivity contribution is 0.197. The van der Waals surface area contributed by atoms with Crippen molar-refractivity contribution in [3.8, 4) is 0 Å². The number of hydrogen-bond donors (Lipinski definition) is 1. The Morgan fingerprint density at radius 1 is 1.38 bits per heavy atom. The van der Waals surface area contributed by atoms with Crippen LogP contribution in [-0.4, -0.2) is 20.8 Å². The first-order valence-corrected chi connectivity index (χ1v) is 6.74. The Balaban J connectivity index is 2.59. The lowest BCUT2D eigenvalue weighted by Gasteiger charge is -2.09. The number of thioether (sulfide) groups is 1. The Morgan fingerprint density at radius 2 is 2.06 bits per heavy atom. The van der Waals surface area contributed by atoms with Crippen LogP contribution in [0.3, 0.4) is 0 Å². The molecule has 0 saturated heterocycles. The van der Waals surface area contributed by atoms with Crippen molar-refractivity contribution in [2.24, 2.45) is 5.92 Å². The Kier molecular flexibility index (Phi) is 5.22. The van der Waals surface area contributed by atoms with E-state index >= 15 is 0 Å². The molecule has 0 fully saturated rings. The Bertz CT molecular complexity index is 340. The van der Waals surface area contributed by atoms with Gasteiger partial charge in [-0.3, -0.25) is 0 Å². The molecule has 1 atom stereocenters. The average Bonchev–Trinajstić information content (AvgIpc) is 2.16. The van der Waals surface area contributed by atoms with E-state index in [4.69, 9.17) is 0 Å². The molecule has 0 aliphatic heterocycles. The first kappa shape index (κ1) is 13.5. The molecule has 1 N–H and O–H groups in total. The van der Waals surface area contributed by atoms with E-state index in [2.05, 4.69) is 23.8 Å². The van der Waals surface area contributed by atoms with Gasteiger partial charge in [-0.25, -0.2) is 9.97 Å². The number of aryl methyl sites for hydroxylation is 1. The SMILES string of the molecule is Cc1nc(CSCC(C)C)ncc1C(C)O. The van der Waals surface area contributed by atoms with Crippen LogP contribution in [0.25, 0.3) is 0 Å². The minimum Gasteiger partial charge on any atom is -0.389 e. The van der Waals surface area contributed by atoms with E-state index in [1.807, 2.05) is 18.7 Å². The van der Waals surface area contributed by atoms with E-state index in [0.29, 0.717) is 5.92 Å². The van der Waals surface area contributed by atoms with Gasteiger partial charge in [0.2, 0.25) is 0 Å². The van der Waals surface area contributed by atoms with Crippen molar-refractivity contribution in [1.82, 2.24) is 9.97 Å². The molecule has 16 heavy (non-hydrogen) atoms. The Hall–Kier alpha value is -0.610. The molecule has 0 aliphatic carbocycles. The molecule has 0 aliphatic rings. The summed E-state index contributed by atoms with van der Waals surface area (Å²) in [5, 5.41) is 9.46. The van der Waals surface area contributed by atoms with Gasteiger partial charge in [-0.15, -0.1) is 0 Å². The summed E-state index contributed by atoms with van der Waals surface area (Å²) < 4.78 is 0. The molecule has 0 aromatic carbocycles. The standard InChI is InChI=1S/C12H20N2OS/c1-8(2)6-16-7-12-13-5-11(10(4)15)9(3)14-12/h5,8,10,15H,6-7H2,1-4H3. The van der Waals surface area contributed by atoms with Crippen molar-refractivity contribution in [2.45, 2.75) is 39.6 Å². The van der Waals surface area contributed by atoms with Crippen molar-refractivity contribution in [3.05, 3.63) is 23.3 Å². The van der Waals surface area contributed by atoms with Gasteiger partial charge in [0.15, 0.2) is 0 Å². The lowest BCUT2D eigenvalue weighted by atomic mass is 10.1. The maximum absolute atomic E-state index is 9.46. The maximum Gasteiger partial charge on any atom is 0.138 e. The number of nitrogens with zero attached hydrogens (tertiary/aromatic N) is 2. The molecule has 1 aromatic heterocycles. The average molecular weight is 240 g/mol. The summed E-state index contributed by atoms with van der Waals surface area (Å²) in [4.78, 5) is 8.66. The smallest absolute Gasteiger partial charge is 0.138 e. The van der Waals surface area contributed by atoms with Crippen LogP contribution in [0.2, 0.25) is 0 Å². The number of aromatic nitrogens is 2. The summed E-state index contributed by atoms with van der Waals surface area (Å²) in [7, 11) is 0. The summed E-state index contributed by atoms with van der Waals surface area (Å²) in [5.74, 6) is 3.52. The van der Waals surface area contributed by atoms with Gasteiger partial charge in [0.1, 0.15) is 5.82 Å². The molecule has 0 bridgehead atoms. The molecule has 0 saturated carbocycles. The van der Waals surface area contributed by atoms with Gasteiger partial charge in [0.05, 0.1) is 11.9 Å². The van der Waals surface area contributed by atoms with E-state index in [9.17, 15) is 5.11 Å². The predicted octanol–water partition coefficient (Wildman–Crippen LogP) is 2.73. The molecule has 3 nitrogen and oxygen atoms in total. The third-order valence-electron chi connectivity index (χ3n) is 2.20. The molecule has 0 spiro atoms. The molecular formula is C12H20N2OS. The van der Waals surface area contributed by atoms with Gasteiger partial charge in [-0.2, -0.15) is 11.8 Å². The van der Waals surface area contributed by atoms with Crippen LogP contribution < -0.4 is 0 Å². The monoisotopic (exact) mass is 240 g/mol. The summed E-state index contributed by atoms with van der Waals surface area (Å²) in [5.41, 5.74) is 1.70. The summed E-state index contributed by atoms with van der Waals surface area (Å²) in [6, 6.07) is 0. The highest BCUT2D eigenvalue weighted by atomic mass is 32.2. The minimum absolute atomic E-state index is 0.489. The lowest BCUT2D eigenvalue weighted by Crippen LogP contribution is -2.03. The highest BCUT2D eigenvalue weighted by molar-refractivity contribution is 7.98. The second-order valence-corrected chi connectivity index (χ2v) is 5.44. The van der Waals surface area contributed by atoms with Crippen molar-refractivity contribution >= 4 is 11.8 Å². The van der Waals surface area contributed by atoms with Gasteiger partial charge >= 0.3 is 0 Å². The largest absolute Gasteiger partial charge is 0.389 e. The third-order valence-corrected chi connectivity index (χ3v) is 3.56. The molecule has 1 unspecified atom stereocenters. The summed E-state index contributed by atoms with van der Waals surface area (Å²) in [6.45, 7) is 8.06. The number of hydrogen-bond acceptors (Lipinski definition) is 4. The van der Waals surface area contributed by atoms with E-state index < -0.39 is 6.10 Å². The first-order chi connectivity index (χ1) is 7.50. The van der Waals surface area contributed by atoms with Crippen molar-refractivity contribution in [1.29, 1.82) is 0 Å². The molecule has 0 radical (unpaired) electrons. The third kappa shape index (κ3) is 4.10. The zero-order valence-electron chi connectivity index (χ0n) is 10.4. The fraction of sp³-hybridized carbons (Fsp3) is 0.667. The Labute approximate surface area is 102 Å². The van der Waals surface area contributed by atoms with Crippen molar-refractivity contribution in [2.75, 3.05) is 5.75 Å². The topological polar surface area (TPSA) is 46.0 Å². The number of aliphatic hydroxyl groups excluding tert-OH is 1. The molecule has 90 valence electrons. The van der Waals surface area contributed by atoms with Crippen molar-refractivity contribution < 1.29 is 5.11 Å². The van der Waals surface area contributed by atoms with Crippen LogP contribution in [0.4, 0.5) is 0 Å².